The fraction of sp³-hybridized carbons (Fsp3) is 0.286. The van der Waals surface area contributed by atoms with Crippen LogP contribution in [-0.2, 0) is 15.5 Å². The fourth-order valence-corrected chi connectivity index (χ4v) is 5.02. The van der Waals surface area contributed by atoms with E-state index in [4.69, 9.17) is 11.0 Å². The largest absolute Gasteiger partial charge is 0.386 e. The lowest BCUT2D eigenvalue weighted by atomic mass is 10.1. The molecule has 3 aromatic rings. The highest BCUT2D eigenvalue weighted by Crippen LogP contribution is 2.28. The number of pyridine rings is 1. The molecule has 172 valence electrons. The fourth-order valence-electron chi connectivity index (χ4n) is 3.04. The third-order valence-electron chi connectivity index (χ3n) is 5.24. The molecule has 0 fully saturated rings. The average molecular weight is 473 g/mol. The molecule has 2 N–H and O–H groups in total. The van der Waals surface area contributed by atoms with Crippen LogP contribution in [0.4, 0.5) is 8.78 Å². The molecule has 1 atom stereocenters. The van der Waals surface area contributed by atoms with Gasteiger partial charge >= 0.3 is 0 Å². The number of halogens is 2. The molecule has 2 heterocycles. The third kappa shape index (κ3) is 4.73. The Balaban J connectivity index is 1.96. The van der Waals surface area contributed by atoms with Crippen LogP contribution in [0.15, 0.2) is 52.1 Å². The van der Waals surface area contributed by atoms with Gasteiger partial charge in [-0.05, 0) is 44.2 Å². The predicted molar refractivity (Wildman–Crippen MR) is 121 cm³/mol. The Morgan fingerprint density at radius 1 is 1.33 bits per heavy atom. The number of benzene rings is 1. The Kier molecular flexibility index (Phi) is 6.83. The van der Waals surface area contributed by atoms with Crippen molar-refractivity contribution in [2.75, 3.05) is 13.8 Å². The van der Waals surface area contributed by atoms with Crippen LogP contribution in [-0.4, -0.2) is 48.6 Å². The highest BCUT2D eigenvalue weighted by molar-refractivity contribution is 7.95. The summed E-state index contributed by atoms with van der Waals surface area (Å²) in [4.78, 5) is 7.69. The molecule has 0 radical (unpaired) electrons. The smallest absolute Gasteiger partial charge is 0.181 e. The van der Waals surface area contributed by atoms with Gasteiger partial charge in [-0.1, -0.05) is 5.21 Å². The summed E-state index contributed by atoms with van der Waals surface area (Å²) in [5, 5.41) is 17.0. The molecule has 2 aromatic heterocycles. The summed E-state index contributed by atoms with van der Waals surface area (Å²) in [5.74, 6) is -0.542. The number of rotatable bonds is 7. The number of aliphatic imine (C=N–C) groups is 1. The van der Waals surface area contributed by atoms with Gasteiger partial charge < -0.3 is 5.73 Å². The van der Waals surface area contributed by atoms with E-state index in [1.807, 2.05) is 6.07 Å². The zero-order valence-electron chi connectivity index (χ0n) is 18.2. The molecule has 0 saturated heterocycles. The van der Waals surface area contributed by atoms with Crippen LogP contribution >= 0.6 is 0 Å². The van der Waals surface area contributed by atoms with Crippen molar-refractivity contribution in [3.05, 3.63) is 59.7 Å². The maximum Gasteiger partial charge on any atom is 0.181 e. The third-order valence-corrected chi connectivity index (χ3v) is 8.33. The second kappa shape index (κ2) is 9.41. The Labute approximate surface area is 190 Å². The standard InChI is InChI=1S/C21H22F2N8OS/c1-21(2,20(25)28-13-22)33(32,26-3)12-16-8-15(5-6-17(16)23)18-11-31(30-29-18)19-7-4-14(9-24)10-27-19/h4-8,10-11H,12-13H2,1-3H3,(H2,25,28). The number of amidine groups is 1. The highest BCUT2D eigenvalue weighted by atomic mass is 32.2. The number of nitrogens with two attached hydrogens (primary N) is 1. The van der Waals surface area contributed by atoms with Crippen LogP contribution in [0.3, 0.4) is 0 Å². The molecule has 0 saturated carbocycles. The van der Waals surface area contributed by atoms with Crippen LogP contribution in [0.2, 0.25) is 0 Å². The van der Waals surface area contributed by atoms with Gasteiger partial charge in [-0.2, -0.15) is 5.26 Å². The van der Waals surface area contributed by atoms with Gasteiger partial charge in [0, 0.05) is 24.4 Å². The first-order chi connectivity index (χ1) is 15.6. The first-order valence-electron chi connectivity index (χ1n) is 9.71. The van der Waals surface area contributed by atoms with Crippen LogP contribution in [0.1, 0.15) is 25.0 Å². The van der Waals surface area contributed by atoms with Crippen LogP contribution in [0, 0.1) is 17.1 Å². The first kappa shape index (κ1) is 23.9. The zero-order chi connectivity index (χ0) is 24.2. The van der Waals surface area contributed by atoms with Gasteiger partial charge in [-0.3, -0.25) is 0 Å². The van der Waals surface area contributed by atoms with Crippen molar-refractivity contribution in [1.29, 1.82) is 5.26 Å². The highest BCUT2D eigenvalue weighted by Gasteiger charge is 2.36. The summed E-state index contributed by atoms with van der Waals surface area (Å²) in [6.45, 7) is 2.02. The molecule has 1 aromatic carbocycles. The van der Waals surface area contributed by atoms with E-state index < -0.39 is 27.1 Å². The number of nitriles is 1. The molecule has 0 aliphatic rings. The summed E-state index contributed by atoms with van der Waals surface area (Å²) < 4.78 is 45.1. The lowest BCUT2D eigenvalue weighted by Crippen LogP contribution is -2.46. The van der Waals surface area contributed by atoms with Crippen molar-refractivity contribution in [2.45, 2.75) is 24.3 Å². The molecule has 0 amide bonds. The van der Waals surface area contributed by atoms with E-state index >= 15 is 0 Å². The van der Waals surface area contributed by atoms with Crippen molar-refractivity contribution in [2.24, 2.45) is 15.1 Å². The maximum absolute atomic E-state index is 14.7. The summed E-state index contributed by atoms with van der Waals surface area (Å²) in [6.07, 6.45) is 3.01. The maximum atomic E-state index is 14.7. The number of hydrogen-bond donors (Lipinski definition) is 1. The van der Waals surface area contributed by atoms with E-state index in [0.717, 1.165) is 0 Å². The van der Waals surface area contributed by atoms with Gasteiger partial charge in [-0.15, -0.1) is 5.10 Å². The molecule has 0 spiro atoms. The predicted octanol–water partition coefficient (Wildman–Crippen LogP) is 3.00. The Morgan fingerprint density at radius 2 is 2.09 bits per heavy atom. The van der Waals surface area contributed by atoms with Crippen LogP contribution in [0.5, 0.6) is 0 Å². The Morgan fingerprint density at radius 3 is 2.70 bits per heavy atom. The van der Waals surface area contributed by atoms with Gasteiger partial charge in [0.05, 0.1) is 27.2 Å². The van der Waals surface area contributed by atoms with Crippen molar-refractivity contribution in [1.82, 2.24) is 20.0 Å². The van der Waals surface area contributed by atoms with Crippen molar-refractivity contribution >= 4 is 15.6 Å². The van der Waals surface area contributed by atoms with Crippen LogP contribution < -0.4 is 5.73 Å². The van der Waals surface area contributed by atoms with Gasteiger partial charge in [0.15, 0.2) is 12.6 Å². The molecule has 3 rings (SSSR count). The lowest BCUT2D eigenvalue weighted by molar-refractivity contribution is 0.510. The minimum absolute atomic E-state index is 0.135. The Hall–Kier alpha value is -3.72. The Bertz CT molecular complexity index is 1350. The second-order valence-electron chi connectivity index (χ2n) is 7.51. The van der Waals surface area contributed by atoms with E-state index in [0.29, 0.717) is 22.6 Å². The van der Waals surface area contributed by atoms with E-state index in [1.165, 1.54) is 50.0 Å². The van der Waals surface area contributed by atoms with E-state index in [-0.39, 0.29) is 17.2 Å². The first-order valence-corrected chi connectivity index (χ1v) is 11.4. The lowest BCUT2D eigenvalue weighted by Gasteiger charge is -2.28. The van der Waals surface area contributed by atoms with Crippen molar-refractivity contribution in [3.8, 4) is 23.1 Å². The number of alkyl halides is 1. The molecular weight excluding hydrogens is 450 g/mol. The number of nitrogens with zero attached hydrogens (tertiary/aromatic N) is 7. The van der Waals surface area contributed by atoms with Crippen molar-refractivity contribution < 1.29 is 13.0 Å². The topological polar surface area (TPSA) is 135 Å². The molecule has 9 nitrogen and oxygen atoms in total. The minimum Gasteiger partial charge on any atom is -0.386 e. The van der Waals surface area contributed by atoms with Gasteiger partial charge in [0.2, 0.25) is 0 Å². The molecule has 0 aliphatic carbocycles. The summed E-state index contributed by atoms with van der Waals surface area (Å²) in [6, 6.07) is 9.49. The van der Waals surface area contributed by atoms with Crippen molar-refractivity contribution in [3.63, 3.8) is 0 Å². The number of aromatic nitrogens is 4. The molecule has 1 unspecified atom stereocenters. The normalized spacial score (nSPS) is 13.9. The van der Waals surface area contributed by atoms with Gasteiger partial charge in [0.1, 0.15) is 28.2 Å². The molecule has 0 bridgehead atoms. The average Bonchev–Trinajstić information content (AvgIpc) is 3.30. The molecule has 0 aliphatic heterocycles. The van der Waals surface area contributed by atoms with E-state index in [2.05, 4.69) is 24.7 Å². The van der Waals surface area contributed by atoms with Gasteiger partial charge in [0.25, 0.3) is 0 Å². The van der Waals surface area contributed by atoms with Crippen LogP contribution in [0.25, 0.3) is 17.1 Å². The van der Waals surface area contributed by atoms with E-state index in [1.54, 1.807) is 18.3 Å². The number of hydrogen-bond acceptors (Lipinski definition) is 7. The second-order valence-corrected chi connectivity index (χ2v) is 10.5. The molecular formula is C21H22F2N8OS. The van der Waals surface area contributed by atoms with E-state index in [9.17, 15) is 13.0 Å². The zero-order valence-corrected chi connectivity index (χ0v) is 19.1. The SMILES string of the molecule is CN=S(=O)(Cc1cc(-c2cn(-c3ccc(C#N)cn3)nn2)ccc1F)C(C)(C)C(N)=NCF. The summed E-state index contributed by atoms with van der Waals surface area (Å²) in [5.41, 5.74) is 7.35. The summed E-state index contributed by atoms with van der Waals surface area (Å²) >= 11 is 0. The quantitative estimate of drug-likeness (QED) is 0.319. The van der Waals surface area contributed by atoms with Gasteiger partial charge in [-0.25, -0.2) is 32.0 Å². The minimum atomic E-state index is -3.16. The summed E-state index contributed by atoms with van der Waals surface area (Å²) in [7, 11) is -1.81. The molecule has 33 heavy (non-hydrogen) atoms. The monoisotopic (exact) mass is 472 g/mol. The molecule has 12 heteroatoms.